The Morgan fingerprint density at radius 2 is 2.06 bits per heavy atom. The van der Waals surface area contributed by atoms with Crippen LogP contribution in [0.25, 0.3) is 0 Å². The van der Waals surface area contributed by atoms with Gasteiger partial charge >= 0.3 is 11.8 Å². The van der Waals surface area contributed by atoms with E-state index in [0.29, 0.717) is 12.0 Å². The molecule has 0 saturated carbocycles. The summed E-state index contributed by atoms with van der Waals surface area (Å²) in [4.78, 5) is 11.0. The van der Waals surface area contributed by atoms with E-state index in [1.165, 1.54) is 24.3 Å². The van der Waals surface area contributed by atoms with Crippen molar-refractivity contribution in [2.75, 3.05) is 0 Å². The first-order chi connectivity index (χ1) is 8.51. The smallest absolute Gasteiger partial charge is 0.377 e. The molecule has 0 spiro atoms. The molecule has 5 nitrogen and oxygen atoms in total. The monoisotopic (exact) mass is 249 g/mol. The lowest BCUT2D eigenvalue weighted by Crippen LogP contribution is -2.44. The van der Waals surface area contributed by atoms with E-state index in [-0.39, 0.29) is 12.2 Å². The summed E-state index contributed by atoms with van der Waals surface area (Å²) in [6.07, 6.45) is 1.31. The Balaban J connectivity index is 2.83. The van der Waals surface area contributed by atoms with E-state index in [2.05, 4.69) is 0 Å². The third kappa shape index (κ3) is 3.47. The molecule has 0 aliphatic heterocycles. The van der Waals surface area contributed by atoms with Gasteiger partial charge in [0.15, 0.2) is 0 Å². The number of unbranched alkanes of at least 4 members (excludes halogenated alkanes) is 1. The Kier molecular flexibility index (Phi) is 4.69. The molecule has 0 aliphatic carbocycles. The molecule has 1 rings (SSSR count). The van der Waals surface area contributed by atoms with Gasteiger partial charge in [0.1, 0.15) is 5.75 Å². The number of carbonyl (C=O) groups is 1. The summed E-state index contributed by atoms with van der Waals surface area (Å²) in [6, 6.07) is 7.85. The van der Waals surface area contributed by atoms with Crippen molar-refractivity contribution < 1.29 is 19.7 Å². The molecule has 0 fully saturated rings. The Bertz CT molecular complexity index is 449. The molecular weight excluding hydrogens is 234 g/mol. The quantitative estimate of drug-likeness (QED) is 0.751. The topological polar surface area (TPSA) is 90.5 Å². The number of nitrogens with zero attached hydrogens (tertiary/aromatic N) is 1. The van der Waals surface area contributed by atoms with Gasteiger partial charge in [-0.25, -0.2) is 4.79 Å². The van der Waals surface area contributed by atoms with E-state index in [1.807, 2.05) is 13.0 Å². The number of aliphatic carboxylic acids is 1. The molecule has 96 valence electrons. The molecule has 1 aromatic carbocycles. The average molecular weight is 249 g/mol. The summed E-state index contributed by atoms with van der Waals surface area (Å²) in [6.45, 7) is 1.89. The minimum atomic E-state index is -2.22. The van der Waals surface area contributed by atoms with Crippen LogP contribution in [0.4, 0.5) is 0 Å². The van der Waals surface area contributed by atoms with Gasteiger partial charge in [-0.1, -0.05) is 13.3 Å². The minimum absolute atomic E-state index is 0.0127. The van der Waals surface area contributed by atoms with Crippen LogP contribution >= 0.6 is 0 Å². The van der Waals surface area contributed by atoms with Gasteiger partial charge in [0.05, 0.1) is 11.6 Å². The van der Waals surface area contributed by atoms with Gasteiger partial charge in [-0.05, 0) is 30.7 Å². The zero-order chi connectivity index (χ0) is 13.6. The molecule has 0 aromatic heterocycles. The molecule has 1 atom stereocenters. The number of rotatable bonds is 6. The molecule has 0 amide bonds. The van der Waals surface area contributed by atoms with Crippen molar-refractivity contribution in [2.45, 2.75) is 32.0 Å². The summed E-state index contributed by atoms with van der Waals surface area (Å²) in [5.74, 6) is -3.42. The van der Waals surface area contributed by atoms with Crippen LogP contribution in [0, 0.1) is 11.3 Å². The molecule has 0 bridgehead atoms. The predicted octanol–water partition coefficient (Wildman–Crippen LogP) is 1.90. The fourth-order valence-electron chi connectivity index (χ4n) is 1.41. The van der Waals surface area contributed by atoms with Crippen molar-refractivity contribution in [3.05, 3.63) is 29.8 Å². The molecule has 18 heavy (non-hydrogen) atoms. The minimum Gasteiger partial charge on any atom is -0.476 e. The standard InChI is InChI=1S/C13H15NO4/c1-2-3-8-13(17,12(15)16)18-11-6-4-10(9-14)5-7-11/h4-7,17H,2-3,8H2,1H3,(H,15,16). The first-order valence-corrected chi connectivity index (χ1v) is 5.67. The average Bonchev–Trinajstić information content (AvgIpc) is 2.37. The highest BCUT2D eigenvalue weighted by Crippen LogP contribution is 2.22. The zero-order valence-electron chi connectivity index (χ0n) is 10.1. The molecule has 2 N–H and O–H groups in total. The van der Waals surface area contributed by atoms with Crippen molar-refractivity contribution in [2.24, 2.45) is 0 Å². The Morgan fingerprint density at radius 1 is 1.44 bits per heavy atom. The van der Waals surface area contributed by atoms with Crippen molar-refractivity contribution >= 4 is 5.97 Å². The normalized spacial score (nSPS) is 13.4. The number of nitriles is 1. The molecule has 0 saturated heterocycles. The molecule has 1 aromatic rings. The van der Waals surface area contributed by atoms with Gasteiger partial charge < -0.3 is 14.9 Å². The fraction of sp³-hybridized carbons (Fsp3) is 0.385. The number of hydrogen-bond donors (Lipinski definition) is 2. The number of carboxylic acid groups (broad SMARTS) is 1. The summed E-state index contributed by atoms with van der Waals surface area (Å²) < 4.78 is 5.11. The first-order valence-electron chi connectivity index (χ1n) is 5.67. The van der Waals surface area contributed by atoms with Crippen molar-refractivity contribution in [1.29, 1.82) is 5.26 Å². The summed E-state index contributed by atoms with van der Waals surface area (Å²) in [5, 5.41) is 27.5. The highest BCUT2D eigenvalue weighted by atomic mass is 16.6. The van der Waals surface area contributed by atoms with E-state index in [0.717, 1.165) is 6.42 Å². The van der Waals surface area contributed by atoms with Crippen molar-refractivity contribution in [3.8, 4) is 11.8 Å². The number of ether oxygens (including phenoxy) is 1. The van der Waals surface area contributed by atoms with Gasteiger partial charge in [0.2, 0.25) is 0 Å². The van der Waals surface area contributed by atoms with Crippen molar-refractivity contribution in [1.82, 2.24) is 0 Å². The Hall–Kier alpha value is -2.06. The molecule has 0 aliphatic rings. The van der Waals surface area contributed by atoms with E-state index >= 15 is 0 Å². The third-order valence-corrected chi connectivity index (χ3v) is 2.47. The fourth-order valence-corrected chi connectivity index (χ4v) is 1.41. The highest BCUT2D eigenvalue weighted by Gasteiger charge is 2.38. The van der Waals surface area contributed by atoms with Gasteiger partial charge in [-0.3, -0.25) is 0 Å². The SMILES string of the molecule is CCCCC(O)(Oc1ccc(C#N)cc1)C(=O)O. The summed E-state index contributed by atoms with van der Waals surface area (Å²) in [7, 11) is 0. The van der Waals surface area contributed by atoms with Crippen LogP contribution in [-0.4, -0.2) is 22.0 Å². The maximum absolute atomic E-state index is 11.0. The lowest BCUT2D eigenvalue weighted by Gasteiger charge is -2.24. The van der Waals surface area contributed by atoms with Crippen LogP contribution in [-0.2, 0) is 4.79 Å². The summed E-state index contributed by atoms with van der Waals surface area (Å²) in [5.41, 5.74) is 0.440. The maximum Gasteiger partial charge on any atom is 0.377 e. The van der Waals surface area contributed by atoms with E-state index < -0.39 is 11.8 Å². The van der Waals surface area contributed by atoms with Crippen LogP contribution < -0.4 is 4.74 Å². The first kappa shape index (κ1) is 14.0. The largest absolute Gasteiger partial charge is 0.476 e. The second-order valence-electron chi connectivity index (χ2n) is 3.93. The van der Waals surface area contributed by atoms with Gasteiger partial charge in [-0.2, -0.15) is 5.26 Å². The van der Waals surface area contributed by atoms with Crippen molar-refractivity contribution in [3.63, 3.8) is 0 Å². The number of carboxylic acids is 1. The van der Waals surface area contributed by atoms with Crippen LogP contribution in [0.15, 0.2) is 24.3 Å². The highest BCUT2D eigenvalue weighted by molar-refractivity contribution is 5.75. The zero-order valence-corrected chi connectivity index (χ0v) is 10.1. The Morgan fingerprint density at radius 3 is 2.50 bits per heavy atom. The lowest BCUT2D eigenvalue weighted by atomic mass is 10.1. The van der Waals surface area contributed by atoms with E-state index in [1.54, 1.807) is 0 Å². The molecule has 1 unspecified atom stereocenters. The molecule has 0 heterocycles. The number of aliphatic hydroxyl groups is 1. The van der Waals surface area contributed by atoms with Crippen LogP contribution in [0.1, 0.15) is 31.7 Å². The van der Waals surface area contributed by atoms with Gasteiger partial charge in [0, 0.05) is 6.42 Å². The van der Waals surface area contributed by atoms with Gasteiger partial charge in [-0.15, -0.1) is 0 Å². The molecule has 5 heteroatoms. The van der Waals surface area contributed by atoms with E-state index in [9.17, 15) is 9.90 Å². The number of benzene rings is 1. The van der Waals surface area contributed by atoms with Crippen LogP contribution in [0.3, 0.4) is 0 Å². The van der Waals surface area contributed by atoms with Crippen LogP contribution in [0.2, 0.25) is 0 Å². The Labute approximate surface area is 105 Å². The number of hydrogen-bond acceptors (Lipinski definition) is 4. The third-order valence-electron chi connectivity index (χ3n) is 2.47. The molecule has 0 radical (unpaired) electrons. The van der Waals surface area contributed by atoms with Crippen LogP contribution in [0.5, 0.6) is 5.75 Å². The maximum atomic E-state index is 11.0. The lowest BCUT2D eigenvalue weighted by molar-refractivity contribution is -0.196. The summed E-state index contributed by atoms with van der Waals surface area (Å²) >= 11 is 0. The molecular formula is C13H15NO4. The van der Waals surface area contributed by atoms with Gasteiger partial charge in [0.25, 0.3) is 0 Å². The van der Waals surface area contributed by atoms with E-state index in [4.69, 9.17) is 15.1 Å². The predicted molar refractivity (Wildman–Crippen MR) is 63.9 cm³/mol. The second kappa shape index (κ2) is 6.03. The second-order valence-corrected chi connectivity index (χ2v) is 3.93.